The smallest absolute Gasteiger partial charge is 0.123 e. The van der Waals surface area contributed by atoms with E-state index in [2.05, 4.69) is 28.1 Å². The second kappa shape index (κ2) is 7.00. The Morgan fingerprint density at radius 1 is 1.50 bits per heavy atom. The number of anilines is 1. The van der Waals surface area contributed by atoms with E-state index in [1.807, 2.05) is 13.1 Å². The zero-order valence-corrected chi connectivity index (χ0v) is 11.9. The summed E-state index contributed by atoms with van der Waals surface area (Å²) in [6, 6.07) is 4.56. The van der Waals surface area contributed by atoms with E-state index in [4.69, 9.17) is 5.73 Å². The number of hydrogen-bond donors (Lipinski definition) is 2. The van der Waals surface area contributed by atoms with Crippen molar-refractivity contribution >= 4 is 17.6 Å². The third-order valence-electron chi connectivity index (χ3n) is 3.57. The van der Waals surface area contributed by atoms with Crippen LogP contribution < -0.4 is 11.1 Å². The zero-order chi connectivity index (χ0) is 12.8. The second-order valence-electron chi connectivity index (χ2n) is 5.02. The third-order valence-corrected chi connectivity index (χ3v) is 5.11. The number of aromatic nitrogens is 1. The van der Waals surface area contributed by atoms with Gasteiger partial charge in [-0.1, -0.05) is 12.8 Å². The van der Waals surface area contributed by atoms with Crippen LogP contribution >= 0.6 is 11.8 Å². The molecule has 1 unspecified atom stereocenters. The molecule has 2 rings (SSSR count). The molecule has 18 heavy (non-hydrogen) atoms. The van der Waals surface area contributed by atoms with Gasteiger partial charge in [0.1, 0.15) is 5.82 Å². The molecular formula is C14H23N3S. The zero-order valence-electron chi connectivity index (χ0n) is 11.1. The fourth-order valence-electron chi connectivity index (χ4n) is 2.46. The van der Waals surface area contributed by atoms with Crippen LogP contribution in [0.3, 0.4) is 0 Å². The highest BCUT2D eigenvalue weighted by Gasteiger charge is 2.17. The average molecular weight is 265 g/mol. The molecule has 0 radical (unpaired) electrons. The summed E-state index contributed by atoms with van der Waals surface area (Å²) in [6.45, 7) is 0. The molecule has 1 heterocycles. The first kappa shape index (κ1) is 13.7. The fourth-order valence-corrected chi connectivity index (χ4v) is 3.91. The normalized spacial score (nSPS) is 18.1. The highest BCUT2D eigenvalue weighted by atomic mass is 32.2. The van der Waals surface area contributed by atoms with Gasteiger partial charge in [-0.15, -0.1) is 0 Å². The Morgan fingerprint density at radius 3 is 2.94 bits per heavy atom. The van der Waals surface area contributed by atoms with Crippen LogP contribution in [0.25, 0.3) is 0 Å². The van der Waals surface area contributed by atoms with Gasteiger partial charge in [0.2, 0.25) is 0 Å². The number of pyridine rings is 1. The van der Waals surface area contributed by atoms with E-state index >= 15 is 0 Å². The van der Waals surface area contributed by atoms with Crippen molar-refractivity contribution in [3.05, 3.63) is 23.9 Å². The molecule has 3 nitrogen and oxygen atoms in total. The van der Waals surface area contributed by atoms with Crippen LogP contribution in [0.1, 0.15) is 31.2 Å². The number of nitrogens with zero attached hydrogens (tertiary/aromatic N) is 1. The SMILES string of the molecule is CNC(CSC1CCCC1)Cc1ccnc(N)c1. The van der Waals surface area contributed by atoms with Gasteiger partial charge in [0.05, 0.1) is 0 Å². The van der Waals surface area contributed by atoms with Crippen molar-refractivity contribution in [2.24, 2.45) is 0 Å². The van der Waals surface area contributed by atoms with E-state index in [0.717, 1.165) is 11.7 Å². The number of nitrogens with one attached hydrogen (secondary N) is 1. The molecule has 100 valence electrons. The summed E-state index contributed by atoms with van der Waals surface area (Å²) < 4.78 is 0. The molecular weight excluding hydrogens is 242 g/mol. The molecule has 1 aliphatic rings. The quantitative estimate of drug-likeness (QED) is 0.829. The molecule has 1 atom stereocenters. The highest BCUT2D eigenvalue weighted by Crippen LogP contribution is 2.29. The standard InChI is InChI=1S/C14H23N3S/c1-16-12(10-18-13-4-2-3-5-13)8-11-6-7-17-14(15)9-11/h6-7,9,12-13,16H,2-5,8,10H2,1H3,(H2,15,17). The van der Waals surface area contributed by atoms with Crippen molar-refractivity contribution in [1.82, 2.24) is 10.3 Å². The molecule has 0 bridgehead atoms. The van der Waals surface area contributed by atoms with Crippen LogP contribution in [0.5, 0.6) is 0 Å². The summed E-state index contributed by atoms with van der Waals surface area (Å²) in [6.07, 6.45) is 8.47. The Bertz CT molecular complexity index is 364. The molecule has 0 saturated heterocycles. The molecule has 1 aromatic rings. The summed E-state index contributed by atoms with van der Waals surface area (Å²) in [4.78, 5) is 4.03. The summed E-state index contributed by atoms with van der Waals surface area (Å²) in [5.74, 6) is 1.80. The van der Waals surface area contributed by atoms with Crippen LogP contribution in [0, 0.1) is 0 Å². The summed E-state index contributed by atoms with van der Waals surface area (Å²) in [5.41, 5.74) is 6.98. The van der Waals surface area contributed by atoms with Crippen molar-refractivity contribution < 1.29 is 0 Å². The molecule has 1 aliphatic carbocycles. The lowest BCUT2D eigenvalue weighted by atomic mass is 10.1. The maximum atomic E-state index is 5.71. The topological polar surface area (TPSA) is 50.9 Å². The van der Waals surface area contributed by atoms with Crippen LogP contribution in [0.2, 0.25) is 0 Å². The average Bonchev–Trinajstić information content (AvgIpc) is 2.87. The van der Waals surface area contributed by atoms with E-state index in [0.29, 0.717) is 11.9 Å². The number of rotatable bonds is 6. The van der Waals surface area contributed by atoms with Gasteiger partial charge < -0.3 is 11.1 Å². The van der Waals surface area contributed by atoms with Gasteiger partial charge in [-0.3, -0.25) is 0 Å². The number of nitrogens with two attached hydrogens (primary N) is 1. The predicted molar refractivity (Wildman–Crippen MR) is 79.9 cm³/mol. The second-order valence-corrected chi connectivity index (χ2v) is 6.35. The van der Waals surface area contributed by atoms with Gasteiger partial charge in [-0.25, -0.2) is 4.98 Å². The maximum absolute atomic E-state index is 5.71. The minimum absolute atomic E-state index is 0.525. The molecule has 0 aromatic carbocycles. The van der Waals surface area contributed by atoms with Gasteiger partial charge >= 0.3 is 0 Å². The molecule has 0 aliphatic heterocycles. The first-order valence-corrected chi connectivity index (χ1v) is 7.82. The van der Waals surface area contributed by atoms with E-state index in [1.54, 1.807) is 6.20 Å². The summed E-state index contributed by atoms with van der Waals surface area (Å²) in [7, 11) is 2.05. The lowest BCUT2D eigenvalue weighted by Gasteiger charge is -2.18. The van der Waals surface area contributed by atoms with Crippen molar-refractivity contribution in [1.29, 1.82) is 0 Å². The van der Waals surface area contributed by atoms with Gasteiger partial charge in [-0.2, -0.15) is 11.8 Å². The van der Waals surface area contributed by atoms with Crippen LogP contribution in [0.4, 0.5) is 5.82 Å². The van der Waals surface area contributed by atoms with Crippen LogP contribution in [0.15, 0.2) is 18.3 Å². The van der Waals surface area contributed by atoms with Gasteiger partial charge in [-0.05, 0) is 44.0 Å². The Kier molecular flexibility index (Phi) is 5.32. The number of likely N-dealkylation sites (N-methyl/N-ethyl adjacent to an activating group) is 1. The number of thioether (sulfide) groups is 1. The van der Waals surface area contributed by atoms with Crippen LogP contribution in [-0.2, 0) is 6.42 Å². The van der Waals surface area contributed by atoms with Gasteiger partial charge in [0, 0.05) is 23.2 Å². The van der Waals surface area contributed by atoms with Crippen molar-refractivity contribution in [3.8, 4) is 0 Å². The Labute approximate surface area is 114 Å². The predicted octanol–water partition coefficient (Wildman–Crippen LogP) is 2.47. The summed E-state index contributed by atoms with van der Waals surface area (Å²) in [5, 5.41) is 4.30. The molecule has 1 fully saturated rings. The largest absolute Gasteiger partial charge is 0.384 e. The van der Waals surface area contributed by atoms with Crippen LogP contribution in [-0.4, -0.2) is 29.1 Å². The number of hydrogen-bond acceptors (Lipinski definition) is 4. The van der Waals surface area contributed by atoms with Crippen molar-refractivity contribution in [2.75, 3.05) is 18.5 Å². The minimum atomic E-state index is 0.525. The monoisotopic (exact) mass is 265 g/mol. The van der Waals surface area contributed by atoms with Gasteiger partial charge in [0.25, 0.3) is 0 Å². The summed E-state index contributed by atoms with van der Waals surface area (Å²) >= 11 is 2.13. The lowest BCUT2D eigenvalue weighted by Crippen LogP contribution is -2.30. The lowest BCUT2D eigenvalue weighted by molar-refractivity contribution is 0.615. The molecule has 3 N–H and O–H groups in total. The molecule has 0 spiro atoms. The molecule has 0 amide bonds. The highest BCUT2D eigenvalue weighted by molar-refractivity contribution is 7.99. The van der Waals surface area contributed by atoms with E-state index < -0.39 is 0 Å². The maximum Gasteiger partial charge on any atom is 0.123 e. The van der Waals surface area contributed by atoms with E-state index in [-0.39, 0.29) is 0 Å². The fraction of sp³-hybridized carbons (Fsp3) is 0.643. The first-order valence-electron chi connectivity index (χ1n) is 6.77. The number of nitrogen functional groups attached to an aromatic ring is 1. The van der Waals surface area contributed by atoms with E-state index in [1.165, 1.54) is 37.0 Å². The van der Waals surface area contributed by atoms with Gasteiger partial charge in [0.15, 0.2) is 0 Å². The first-order chi connectivity index (χ1) is 8.78. The van der Waals surface area contributed by atoms with Crippen molar-refractivity contribution in [3.63, 3.8) is 0 Å². The third kappa shape index (κ3) is 4.18. The Hall–Kier alpha value is -0.740. The van der Waals surface area contributed by atoms with E-state index in [9.17, 15) is 0 Å². The minimum Gasteiger partial charge on any atom is -0.384 e. The molecule has 1 saturated carbocycles. The Balaban J connectivity index is 1.81. The van der Waals surface area contributed by atoms with Crippen molar-refractivity contribution in [2.45, 2.75) is 43.4 Å². The Morgan fingerprint density at radius 2 is 2.28 bits per heavy atom. The molecule has 4 heteroatoms. The molecule has 1 aromatic heterocycles.